The van der Waals surface area contributed by atoms with E-state index in [9.17, 15) is 0 Å². The standard InChI is InChI=1S/C18H18N8/c1-2-4-14(5-3-1)8-10-25-13-19-15-12-24(11-9-16(15)25)18-7-6-17-20-22-23-26(17)21-18/h1-7,13H,8-12H2. The van der Waals surface area contributed by atoms with Gasteiger partial charge in [-0.3, -0.25) is 0 Å². The van der Waals surface area contributed by atoms with Crippen LogP contribution in [0.25, 0.3) is 5.65 Å². The number of hydrogen-bond acceptors (Lipinski definition) is 6. The van der Waals surface area contributed by atoms with Crippen molar-refractivity contribution in [3.63, 3.8) is 0 Å². The Balaban J connectivity index is 1.33. The van der Waals surface area contributed by atoms with E-state index in [2.05, 4.69) is 65.4 Å². The minimum absolute atomic E-state index is 0.650. The number of rotatable bonds is 4. The fourth-order valence-corrected chi connectivity index (χ4v) is 3.46. The molecule has 8 nitrogen and oxygen atoms in total. The summed E-state index contributed by atoms with van der Waals surface area (Å²) in [6.45, 7) is 2.63. The molecule has 0 saturated carbocycles. The molecule has 0 unspecified atom stereocenters. The molecule has 0 fully saturated rings. The lowest BCUT2D eigenvalue weighted by Crippen LogP contribution is -2.32. The Labute approximate surface area is 150 Å². The summed E-state index contributed by atoms with van der Waals surface area (Å²) in [4.78, 5) is 6.86. The van der Waals surface area contributed by atoms with Gasteiger partial charge in [0.15, 0.2) is 11.5 Å². The van der Waals surface area contributed by atoms with Gasteiger partial charge in [-0.05, 0) is 34.5 Å². The summed E-state index contributed by atoms with van der Waals surface area (Å²) >= 11 is 0. The van der Waals surface area contributed by atoms with Crippen molar-refractivity contribution in [2.45, 2.75) is 25.9 Å². The van der Waals surface area contributed by atoms with Gasteiger partial charge in [0.05, 0.1) is 18.6 Å². The molecule has 8 heteroatoms. The number of fused-ring (bicyclic) bond motifs is 2. The summed E-state index contributed by atoms with van der Waals surface area (Å²) in [6, 6.07) is 14.4. The highest BCUT2D eigenvalue weighted by atomic mass is 15.6. The summed E-state index contributed by atoms with van der Waals surface area (Å²) < 4.78 is 3.75. The number of nitrogens with zero attached hydrogens (tertiary/aromatic N) is 8. The molecule has 0 spiro atoms. The highest BCUT2D eigenvalue weighted by Gasteiger charge is 2.22. The van der Waals surface area contributed by atoms with Crippen LogP contribution >= 0.6 is 0 Å². The largest absolute Gasteiger partial charge is 0.349 e. The maximum absolute atomic E-state index is 4.64. The first kappa shape index (κ1) is 15.0. The molecule has 0 bridgehead atoms. The molecule has 3 aromatic heterocycles. The fraction of sp³-hybridized carbons (Fsp3) is 0.278. The molecule has 0 aliphatic carbocycles. The van der Waals surface area contributed by atoms with Gasteiger partial charge in [-0.1, -0.05) is 30.3 Å². The van der Waals surface area contributed by atoms with E-state index in [0.29, 0.717) is 5.65 Å². The van der Waals surface area contributed by atoms with Crippen LogP contribution in [-0.4, -0.2) is 41.4 Å². The summed E-state index contributed by atoms with van der Waals surface area (Å²) in [5, 5.41) is 15.9. The first-order valence-electron chi connectivity index (χ1n) is 8.74. The Kier molecular flexibility index (Phi) is 3.59. The number of benzene rings is 1. The molecular formula is C18H18N8. The average molecular weight is 346 g/mol. The molecule has 4 heterocycles. The van der Waals surface area contributed by atoms with Crippen molar-refractivity contribution in [2.75, 3.05) is 11.4 Å². The Hall–Kier alpha value is -3.29. The van der Waals surface area contributed by atoms with E-state index in [1.807, 2.05) is 18.5 Å². The predicted octanol–water partition coefficient (Wildman–Crippen LogP) is 1.52. The second-order valence-electron chi connectivity index (χ2n) is 6.46. The van der Waals surface area contributed by atoms with E-state index in [1.54, 1.807) is 0 Å². The number of aryl methyl sites for hydroxylation is 2. The fourth-order valence-electron chi connectivity index (χ4n) is 3.46. The second-order valence-corrected chi connectivity index (χ2v) is 6.46. The number of anilines is 1. The van der Waals surface area contributed by atoms with Crippen LogP contribution in [0.3, 0.4) is 0 Å². The van der Waals surface area contributed by atoms with E-state index >= 15 is 0 Å². The maximum Gasteiger partial charge on any atom is 0.200 e. The lowest BCUT2D eigenvalue weighted by atomic mass is 10.1. The quantitative estimate of drug-likeness (QED) is 0.558. The molecule has 0 atom stereocenters. The third kappa shape index (κ3) is 2.69. The second kappa shape index (κ2) is 6.21. The van der Waals surface area contributed by atoms with Crippen LogP contribution in [0, 0.1) is 0 Å². The van der Waals surface area contributed by atoms with Crippen LogP contribution in [0.2, 0.25) is 0 Å². The van der Waals surface area contributed by atoms with Crippen LogP contribution in [0.1, 0.15) is 17.0 Å². The Morgan fingerprint density at radius 3 is 2.88 bits per heavy atom. The van der Waals surface area contributed by atoms with Gasteiger partial charge in [-0.15, -0.1) is 14.8 Å². The molecule has 0 saturated heterocycles. The van der Waals surface area contributed by atoms with Gasteiger partial charge in [-0.2, -0.15) is 0 Å². The summed E-state index contributed by atoms with van der Waals surface area (Å²) in [7, 11) is 0. The van der Waals surface area contributed by atoms with Crippen molar-refractivity contribution in [2.24, 2.45) is 0 Å². The molecule has 26 heavy (non-hydrogen) atoms. The van der Waals surface area contributed by atoms with Gasteiger partial charge < -0.3 is 9.47 Å². The highest BCUT2D eigenvalue weighted by molar-refractivity contribution is 5.46. The van der Waals surface area contributed by atoms with Gasteiger partial charge in [-0.25, -0.2) is 4.98 Å². The van der Waals surface area contributed by atoms with Crippen molar-refractivity contribution < 1.29 is 0 Å². The lowest BCUT2D eigenvalue weighted by Gasteiger charge is -2.27. The zero-order chi connectivity index (χ0) is 17.3. The van der Waals surface area contributed by atoms with Crippen molar-refractivity contribution in [3.8, 4) is 0 Å². The third-order valence-corrected chi connectivity index (χ3v) is 4.86. The molecule has 1 aromatic carbocycles. The molecule has 1 aliphatic heterocycles. The molecular weight excluding hydrogens is 328 g/mol. The van der Waals surface area contributed by atoms with Gasteiger partial charge in [0.25, 0.3) is 0 Å². The maximum atomic E-state index is 4.64. The summed E-state index contributed by atoms with van der Waals surface area (Å²) in [5.41, 5.74) is 4.46. The van der Waals surface area contributed by atoms with Gasteiger partial charge in [0.2, 0.25) is 0 Å². The Bertz CT molecular complexity index is 1040. The molecule has 0 radical (unpaired) electrons. The average Bonchev–Trinajstić information content (AvgIpc) is 3.33. The minimum Gasteiger partial charge on any atom is -0.349 e. The monoisotopic (exact) mass is 346 g/mol. The van der Waals surface area contributed by atoms with E-state index in [1.165, 1.54) is 15.9 Å². The number of aromatic nitrogens is 7. The van der Waals surface area contributed by atoms with Crippen LogP contribution in [0.4, 0.5) is 5.82 Å². The van der Waals surface area contributed by atoms with Crippen LogP contribution in [-0.2, 0) is 25.9 Å². The summed E-state index contributed by atoms with van der Waals surface area (Å²) in [5.74, 6) is 0.870. The van der Waals surface area contributed by atoms with E-state index in [0.717, 1.165) is 44.0 Å². The molecule has 0 amide bonds. The Morgan fingerprint density at radius 2 is 1.96 bits per heavy atom. The molecule has 130 valence electrons. The zero-order valence-electron chi connectivity index (χ0n) is 14.2. The Morgan fingerprint density at radius 1 is 1.04 bits per heavy atom. The SMILES string of the molecule is c1ccc(CCn2cnc3c2CCN(c2ccc4nnnn4n2)C3)cc1. The molecule has 5 rings (SSSR count). The first-order valence-corrected chi connectivity index (χ1v) is 8.74. The van der Waals surface area contributed by atoms with Crippen molar-refractivity contribution >= 4 is 11.5 Å². The topological polar surface area (TPSA) is 77.0 Å². The number of imidazole rings is 1. The first-order chi connectivity index (χ1) is 12.9. The smallest absolute Gasteiger partial charge is 0.200 e. The molecule has 1 aliphatic rings. The van der Waals surface area contributed by atoms with E-state index < -0.39 is 0 Å². The molecule has 0 N–H and O–H groups in total. The van der Waals surface area contributed by atoms with Crippen molar-refractivity contribution in [3.05, 3.63) is 65.7 Å². The summed E-state index contributed by atoms with van der Waals surface area (Å²) in [6.07, 6.45) is 3.94. The van der Waals surface area contributed by atoms with Gasteiger partial charge in [0, 0.05) is 25.2 Å². The normalized spacial score (nSPS) is 13.9. The van der Waals surface area contributed by atoms with Crippen LogP contribution in [0.5, 0.6) is 0 Å². The van der Waals surface area contributed by atoms with Gasteiger partial charge in [0.1, 0.15) is 0 Å². The molecule has 4 aromatic rings. The van der Waals surface area contributed by atoms with Gasteiger partial charge >= 0.3 is 0 Å². The van der Waals surface area contributed by atoms with Crippen LogP contribution in [0.15, 0.2) is 48.8 Å². The highest BCUT2D eigenvalue weighted by Crippen LogP contribution is 2.22. The zero-order valence-corrected chi connectivity index (χ0v) is 14.2. The minimum atomic E-state index is 0.650. The van der Waals surface area contributed by atoms with Crippen molar-refractivity contribution in [1.82, 2.24) is 34.8 Å². The van der Waals surface area contributed by atoms with E-state index in [4.69, 9.17) is 0 Å². The predicted molar refractivity (Wildman–Crippen MR) is 95.7 cm³/mol. The van der Waals surface area contributed by atoms with Crippen molar-refractivity contribution in [1.29, 1.82) is 0 Å². The van der Waals surface area contributed by atoms with Crippen LogP contribution < -0.4 is 4.90 Å². The number of hydrogen-bond donors (Lipinski definition) is 0. The third-order valence-electron chi connectivity index (χ3n) is 4.86. The lowest BCUT2D eigenvalue weighted by molar-refractivity contribution is 0.616. The van der Waals surface area contributed by atoms with E-state index in [-0.39, 0.29) is 0 Å². The number of tetrazole rings is 1.